The van der Waals surface area contributed by atoms with Crippen LogP contribution in [0, 0.1) is 0 Å². The van der Waals surface area contributed by atoms with E-state index in [1.54, 1.807) is 0 Å². The summed E-state index contributed by atoms with van der Waals surface area (Å²) in [5.41, 5.74) is 0.593. The lowest BCUT2D eigenvalue weighted by Crippen LogP contribution is -2.11. The number of aldehydes is 1. The van der Waals surface area contributed by atoms with Crippen molar-refractivity contribution >= 4 is 6.29 Å². The molecule has 2 nitrogen and oxygen atoms in total. The lowest BCUT2D eigenvalue weighted by molar-refractivity contribution is -0.105. The van der Waals surface area contributed by atoms with Crippen molar-refractivity contribution in [3.05, 3.63) is 11.6 Å². The van der Waals surface area contributed by atoms with E-state index in [0.29, 0.717) is 5.57 Å². The maximum atomic E-state index is 11.0. The zero-order chi connectivity index (χ0) is 15.1. The third-order valence-electron chi connectivity index (χ3n) is 3.79. The summed E-state index contributed by atoms with van der Waals surface area (Å²) in [5.74, 6) is 0. The van der Waals surface area contributed by atoms with E-state index in [2.05, 4.69) is 13.8 Å². The molecule has 1 unspecified atom stereocenters. The number of rotatable bonds is 14. The van der Waals surface area contributed by atoms with Crippen LogP contribution >= 0.6 is 0 Å². The quantitative estimate of drug-likeness (QED) is 0.270. The number of aliphatic hydroxyl groups excluding tert-OH is 1. The number of hydrogen-bond acceptors (Lipinski definition) is 2. The molecule has 0 radical (unpaired) electrons. The monoisotopic (exact) mass is 282 g/mol. The molecule has 0 saturated carbocycles. The molecule has 0 aliphatic rings. The standard InChI is InChI=1S/C18H34O2/c1-3-5-7-9-11-13-15-18(20)17(16-19)14-12-10-8-6-4-2/h14,16,18,20H,3-13,15H2,1-2H3. The molecule has 1 atom stereocenters. The highest BCUT2D eigenvalue weighted by atomic mass is 16.3. The fraction of sp³-hybridized carbons (Fsp3) is 0.833. The molecule has 0 heterocycles. The summed E-state index contributed by atoms with van der Waals surface area (Å²) in [7, 11) is 0. The van der Waals surface area contributed by atoms with Gasteiger partial charge in [0.15, 0.2) is 0 Å². The largest absolute Gasteiger partial charge is 0.388 e. The van der Waals surface area contributed by atoms with Crippen molar-refractivity contribution in [2.75, 3.05) is 0 Å². The third kappa shape index (κ3) is 11.2. The predicted octanol–water partition coefficient (Wildman–Crippen LogP) is 5.19. The van der Waals surface area contributed by atoms with Gasteiger partial charge in [0.05, 0.1) is 6.10 Å². The lowest BCUT2D eigenvalue weighted by atomic mass is 10.0. The first-order chi connectivity index (χ1) is 9.76. The average molecular weight is 282 g/mol. The number of carbonyl (C=O) groups is 1. The first-order valence-electron chi connectivity index (χ1n) is 8.59. The van der Waals surface area contributed by atoms with Crippen molar-refractivity contribution in [3.8, 4) is 0 Å². The summed E-state index contributed by atoms with van der Waals surface area (Å²) in [6, 6.07) is 0. The van der Waals surface area contributed by atoms with Crippen LogP contribution in [0.25, 0.3) is 0 Å². The van der Waals surface area contributed by atoms with Gasteiger partial charge >= 0.3 is 0 Å². The molecule has 0 aliphatic heterocycles. The van der Waals surface area contributed by atoms with Crippen LogP contribution in [0.5, 0.6) is 0 Å². The van der Waals surface area contributed by atoms with E-state index in [1.807, 2.05) is 6.08 Å². The van der Waals surface area contributed by atoms with Gasteiger partial charge < -0.3 is 5.11 Å². The first-order valence-corrected chi connectivity index (χ1v) is 8.59. The van der Waals surface area contributed by atoms with Crippen LogP contribution in [-0.4, -0.2) is 17.5 Å². The van der Waals surface area contributed by atoms with Gasteiger partial charge in [-0.25, -0.2) is 0 Å². The topological polar surface area (TPSA) is 37.3 Å². The van der Waals surface area contributed by atoms with E-state index >= 15 is 0 Å². The number of hydrogen-bond donors (Lipinski definition) is 1. The second-order valence-electron chi connectivity index (χ2n) is 5.74. The number of carbonyl (C=O) groups excluding carboxylic acids is 1. The van der Waals surface area contributed by atoms with Gasteiger partial charge in [-0.15, -0.1) is 0 Å². The first kappa shape index (κ1) is 19.4. The van der Waals surface area contributed by atoms with E-state index in [0.717, 1.165) is 32.0 Å². The summed E-state index contributed by atoms with van der Waals surface area (Å²) in [5, 5.41) is 10.0. The Morgan fingerprint density at radius 2 is 1.45 bits per heavy atom. The van der Waals surface area contributed by atoms with Gasteiger partial charge in [-0.1, -0.05) is 77.7 Å². The highest BCUT2D eigenvalue weighted by Gasteiger charge is 2.09. The van der Waals surface area contributed by atoms with Crippen molar-refractivity contribution in [2.45, 2.75) is 97.0 Å². The van der Waals surface area contributed by atoms with Gasteiger partial charge in [0, 0.05) is 5.57 Å². The molecule has 0 spiro atoms. The molecule has 1 N–H and O–H groups in total. The molecule has 0 aliphatic carbocycles. The minimum absolute atomic E-state index is 0.551. The van der Waals surface area contributed by atoms with Gasteiger partial charge in [-0.05, 0) is 19.3 Å². The number of aliphatic hydroxyl groups is 1. The van der Waals surface area contributed by atoms with Crippen molar-refractivity contribution in [1.29, 1.82) is 0 Å². The van der Waals surface area contributed by atoms with E-state index in [-0.39, 0.29) is 0 Å². The van der Waals surface area contributed by atoms with Crippen LogP contribution in [0.2, 0.25) is 0 Å². The van der Waals surface area contributed by atoms with Crippen LogP contribution in [0.4, 0.5) is 0 Å². The molecule has 0 aromatic heterocycles. The Hall–Kier alpha value is -0.630. The van der Waals surface area contributed by atoms with Crippen LogP contribution in [0.1, 0.15) is 90.9 Å². The summed E-state index contributed by atoms with van der Waals surface area (Å²) in [6.45, 7) is 4.41. The molecule has 0 bridgehead atoms. The van der Waals surface area contributed by atoms with Crippen LogP contribution in [0.15, 0.2) is 11.6 Å². The van der Waals surface area contributed by atoms with Gasteiger partial charge in [0.25, 0.3) is 0 Å². The average Bonchev–Trinajstić information content (AvgIpc) is 2.46. The predicted molar refractivity (Wildman–Crippen MR) is 86.9 cm³/mol. The van der Waals surface area contributed by atoms with E-state index in [9.17, 15) is 9.90 Å². The summed E-state index contributed by atoms with van der Waals surface area (Å²) < 4.78 is 0. The van der Waals surface area contributed by atoms with E-state index in [1.165, 1.54) is 51.4 Å². The SMILES string of the molecule is CCCCCCC=C(C=O)C(O)CCCCCCCC. The van der Waals surface area contributed by atoms with Crippen LogP contribution < -0.4 is 0 Å². The third-order valence-corrected chi connectivity index (χ3v) is 3.79. The van der Waals surface area contributed by atoms with Crippen molar-refractivity contribution in [2.24, 2.45) is 0 Å². The van der Waals surface area contributed by atoms with Crippen LogP contribution in [0.3, 0.4) is 0 Å². The Balaban J connectivity index is 3.75. The maximum Gasteiger partial charge on any atom is 0.148 e. The normalized spacial score (nSPS) is 13.4. The minimum Gasteiger partial charge on any atom is -0.388 e. The molecular formula is C18H34O2. The van der Waals surface area contributed by atoms with Crippen molar-refractivity contribution in [1.82, 2.24) is 0 Å². The molecule has 0 aromatic carbocycles. The van der Waals surface area contributed by atoms with Crippen molar-refractivity contribution < 1.29 is 9.90 Å². The molecule has 20 heavy (non-hydrogen) atoms. The van der Waals surface area contributed by atoms with Gasteiger partial charge in [0.1, 0.15) is 6.29 Å². The van der Waals surface area contributed by atoms with Gasteiger partial charge in [-0.3, -0.25) is 4.79 Å². The Labute approximate surface area is 125 Å². The molecule has 118 valence electrons. The molecule has 0 rings (SSSR count). The Bertz CT molecular complexity index is 246. The summed E-state index contributed by atoms with van der Waals surface area (Å²) >= 11 is 0. The molecule has 0 aromatic rings. The number of allylic oxidation sites excluding steroid dienone is 1. The number of unbranched alkanes of at least 4 members (excludes halogenated alkanes) is 9. The fourth-order valence-electron chi connectivity index (χ4n) is 2.39. The zero-order valence-electron chi connectivity index (χ0n) is 13.6. The zero-order valence-corrected chi connectivity index (χ0v) is 13.6. The van der Waals surface area contributed by atoms with Gasteiger partial charge in [-0.2, -0.15) is 0 Å². The van der Waals surface area contributed by atoms with Crippen molar-refractivity contribution in [3.63, 3.8) is 0 Å². The summed E-state index contributed by atoms with van der Waals surface area (Å²) in [4.78, 5) is 11.0. The minimum atomic E-state index is -0.551. The molecule has 0 saturated heterocycles. The second-order valence-corrected chi connectivity index (χ2v) is 5.74. The molecule has 0 amide bonds. The highest BCUT2D eigenvalue weighted by molar-refractivity contribution is 5.74. The smallest absolute Gasteiger partial charge is 0.148 e. The summed E-state index contributed by atoms with van der Waals surface area (Å²) in [6.07, 6.45) is 16.0. The van der Waals surface area contributed by atoms with Gasteiger partial charge in [0.2, 0.25) is 0 Å². The molecule has 0 fully saturated rings. The van der Waals surface area contributed by atoms with E-state index in [4.69, 9.17) is 0 Å². The Morgan fingerprint density at radius 3 is 2.05 bits per heavy atom. The van der Waals surface area contributed by atoms with Crippen LogP contribution in [-0.2, 0) is 4.79 Å². The lowest BCUT2D eigenvalue weighted by Gasteiger charge is -2.10. The molecule has 2 heteroatoms. The van der Waals surface area contributed by atoms with E-state index < -0.39 is 6.10 Å². The maximum absolute atomic E-state index is 11.0. The second kappa shape index (κ2) is 14.8. The Morgan fingerprint density at radius 1 is 0.900 bits per heavy atom. The highest BCUT2D eigenvalue weighted by Crippen LogP contribution is 2.14. The molecular weight excluding hydrogens is 248 g/mol. The fourth-order valence-corrected chi connectivity index (χ4v) is 2.39. The Kier molecular flexibility index (Phi) is 14.3.